The van der Waals surface area contributed by atoms with Crippen LogP contribution in [-0.2, 0) is 23.8 Å². The number of nitrogens with zero attached hydrogens (tertiary/aromatic N) is 1. The van der Waals surface area contributed by atoms with E-state index >= 15 is 0 Å². The van der Waals surface area contributed by atoms with E-state index in [-0.39, 0.29) is 25.1 Å². The summed E-state index contributed by atoms with van der Waals surface area (Å²) >= 11 is 0. The maximum atomic E-state index is 11.8. The van der Waals surface area contributed by atoms with Gasteiger partial charge in [-0.25, -0.2) is 4.79 Å². The van der Waals surface area contributed by atoms with Crippen molar-refractivity contribution in [2.24, 2.45) is 10.9 Å². The number of ether oxygens (including phenoxy) is 3. The summed E-state index contributed by atoms with van der Waals surface area (Å²) in [5.41, 5.74) is 0.509. The summed E-state index contributed by atoms with van der Waals surface area (Å²) in [7, 11) is 0. The summed E-state index contributed by atoms with van der Waals surface area (Å²) in [5.74, 6) is -0.606. The van der Waals surface area contributed by atoms with Gasteiger partial charge in [0.2, 0.25) is 0 Å². The molecule has 0 amide bonds. The third-order valence-corrected chi connectivity index (χ3v) is 3.12. The highest BCUT2D eigenvalue weighted by Crippen LogP contribution is 2.27. The molecule has 6 heteroatoms. The molecule has 1 aliphatic heterocycles. The van der Waals surface area contributed by atoms with Gasteiger partial charge in [0.25, 0.3) is 0 Å². The Bertz CT molecular complexity index is 600. The topological polar surface area (TPSA) is 74.2 Å². The maximum Gasteiger partial charge on any atom is 0.344 e. The molecule has 1 heterocycles. The van der Waals surface area contributed by atoms with Crippen molar-refractivity contribution >= 4 is 18.0 Å². The summed E-state index contributed by atoms with van der Waals surface area (Å²) in [6, 6.07) is 0. The number of aliphatic imine (C=N–C) groups is 1. The summed E-state index contributed by atoms with van der Waals surface area (Å²) in [6.45, 7) is 5.70. The predicted octanol–water partition coefficient (Wildman–Crippen LogP) is 1.74. The molecule has 0 aromatic rings. The lowest BCUT2D eigenvalue weighted by Gasteiger charge is -2.20. The van der Waals surface area contributed by atoms with Gasteiger partial charge in [0.15, 0.2) is 12.4 Å². The Hall–Kier alpha value is -2.47. The van der Waals surface area contributed by atoms with Crippen molar-refractivity contribution in [1.82, 2.24) is 0 Å². The number of dihydropyridines is 1. The molecule has 23 heavy (non-hydrogen) atoms. The van der Waals surface area contributed by atoms with E-state index in [2.05, 4.69) is 11.6 Å². The quantitative estimate of drug-likeness (QED) is 0.387. The van der Waals surface area contributed by atoms with Gasteiger partial charge >= 0.3 is 5.97 Å². The first-order valence-corrected chi connectivity index (χ1v) is 7.29. The minimum absolute atomic E-state index is 0.0592. The molecule has 2 aliphatic rings. The van der Waals surface area contributed by atoms with Crippen LogP contribution < -0.4 is 0 Å². The van der Waals surface area contributed by atoms with E-state index in [4.69, 9.17) is 14.2 Å². The van der Waals surface area contributed by atoms with Crippen molar-refractivity contribution < 1.29 is 23.8 Å². The van der Waals surface area contributed by atoms with Crippen LogP contribution in [0.25, 0.3) is 0 Å². The van der Waals surface area contributed by atoms with Crippen LogP contribution in [0.3, 0.4) is 0 Å². The number of ketones is 1. The Balaban J connectivity index is 1.85. The Morgan fingerprint density at radius 3 is 3.09 bits per heavy atom. The normalized spacial score (nSPS) is 20.2. The van der Waals surface area contributed by atoms with Crippen LogP contribution in [-0.4, -0.2) is 43.9 Å². The number of rotatable bonds is 8. The first kappa shape index (κ1) is 16.9. The molecule has 2 unspecified atom stereocenters. The summed E-state index contributed by atoms with van der Waals surface area (Å²) in [4.78, 5) is 27.7. The lowest BCUT2D eigenvalue weighted by molar-refractivity contribution is -0.154. The van der Waals surface area contributed by atoms with E-state index in [0.29, 0.717) is 18.1 Å². The minimum Gasteiger partial charge on any atom is -0.480 e. The fourth-order valence-electron chi connectivity index (χ4n) is 2.12. The first-order valence-electron chi connectivity index (χ1n) is 7.29. The van der Waals surface area contributed by atoms with Gasteiger partial charge in [0.05, 0.1) is 24.8 Å². The molecule has 0 spiro atoms. The van der Waals surface area contributed by atoms with Crippen LogP contribution >= 0.6 is 0 Å². The third-order valence-electron chi connectivity index (χ3n) is 3.12. The van der Waals surface area contributed by atoms with E-state index < -0.39 is 11.9 Å². The number of allylic oxidation sites excluding steroid dienone is 4. The molecule has 6 nitrogen and oxygen atoms in total. The van der Waals surface area contributed by atoms with Crippen molar-refractivity contribution in [3.05, 3.63) is 48.4 Å². The summed E-state index contributed by atoms with van der Waals surface area (Å²) in [6.07, 6.45) is 9.23. The highest BCUT2D eigenvalue weighted by atomic mass is 16.6. The molecular weight excluding hydrogens is 298 g/mol. The monoisotopic (exact) mass is 317 g/mol. The Kier molecular flexibility index (Phi) is 6.05. The largest absolute Gasteiger partial charge is 0.480 e. The van der Waals surface area contributed by atoms with Gasteiger partial charge in [0.1, 0.15) is 11.9 Å². The van der Waals surface area contributed by atoms with Gasteiger partial charge in [-0.05, 0) is 25.2 Å². The number of hydrogen-bond acceptors (Lipinski definition) is 6. The van der Waals surface area contributed by atoms with Crippen molar-refractivity contribution in [2.75, 3.05) is 19.8 Å². The number of carbonyl (C=O) groups excluding carboxylic acids is 2. The fourth-order valence-corrected chi connectivity index (χ4v) is 2.12. The van der Waals surface area contributed by atoms with Crippen molar-refractivity contribution in [3.63, 3.8) is 0 Å². The molecule has 2 atom stereocenters. The highest BCUT2D eigenvalue weighted by molar-refractivity contribution is 5.98. The minimum atomic E-state index is -0.509. The van der Waals surface area contributed by atoms with Gasteiger partial charge in [-0.3, -0.25) is 9.79 Å². The second-order valence-corrected chi connectivity index (χ2v) is 5.04. The molecular formula is C17H19NO5. The van der Waals surface area contributed by atoms with Crippen LogP contribution in [0.1, 0.15) is 6.92 Å². The Labute approximate surface area is 134 Å². The molecule has 0 aromatic heterocycles. The first-order chi connectivity index (χ1) is 11.1. The molecule has 2 rings (SSSR count). The molecule has 0 radical (unpaired) electrons. The zero-order valence-corrected chi connectivity index (χ0v) is 12.9. The lowest BCUT2D eigenvalue weighted by atomic mass is 9.93. The van der Waals surface area contributed by atoms with Crippen molar-refractivity contribution in [2.45, 2.75) is 13.0 Å². The van der Waals surface area contributed by atoms with Gasteiger partial charge in [-0.2, -0.15) is 0 Å². The van der Waals surface area contributed by atoms with E-state index in [9.17, 15) is 9.59 Å². The van der Waals surface area contributed by atoms with Crippen LogP contribution in [0.15, 0.2) is 53.4 Å². The average molecular weight is 317 g/mol. The zero-order chi connectivity index (χ0) is 16.7. The van der Waals surface area contributed by atoms with Crippen molar-refractivity contribution in [3.8, 4) is 0 Å². The second kappa shape index (κ2) is 8.24. The summed E-state index contributed by atoms with van der Waals surface area (Å²) in [5, 5.41) is 0. The number of carbonyl (C=O) groups is 2. The summed E-state index contributed by atoms with van der Waals surface area (Å²) < 4.78 is 15.8. The molecule has 0 fully saturated rings. The number of esters is 1. The standard InChI is InChI=1S/C17H19NO5/c1-3-9-21-10-12(2)23-16(20)11-22-15-7-6-14(19)13-5-4-8-18-17(13)15/h3-8,12-13H,1,9-11H2,2H3. The SMILES string of the molecule is C=CCOCC(C)OC(=O)COC1=C2N=CC=CC2C(=O)C=C1. The molecule has 0 aromatic carbocycles. The average Bonchev–Trinajstić information content (AvgIpc) is 2.55. The maximum absolute atomic E-state index is 11.8. The fraction of sp³-hybridized carbons (Fsp3) is 0.353. The lowest BCUT2D eigenvalue weighted by Crippen LogP contribution is -2.24. The van der Waals surface area contributed by atoms with Crippen LogP contribution in [0.5, 0.6) is 0 Å². The van der Waals surface area contributed by atoms with Crippen LogP contribution in [0.2, 0.25) is 0 Å². The number of fused-ring (bicyclic) bond motifs is 1. The Morgan fingerprint density at radius 1 is 1.48 bits per heavy atom. The highest BCUT2D eigenvalue weighted by Gasteiger charge is 2.27. The molecule has 0 saturated carbocycles. The van der Waals surface area contributed by atoms with Gasteiger partial charge in [-0.1, -0.05) is 12.2 Å². The second-order valence-electron chi connectivity index (χ2n) is 5.04. The smallest absolute Gasteiger partial charge is 0.344 e. The molecule has 0 N–H and O–H groups in total. The molecule has 0 saturated heterocycles. The van der Waals surface area contributed by atoms with Gasteiger partial charge < -0.3 is 14.2 Å². The van der Waals surface area contributed by atoms with Gasteiger partial charge in [0, 0.05) is 6.21 Å². The van der Waals surface area contributed by atoms with E-state index in [1.54, 1.807) is 31.4 Å². The van der Waals surface area contributed by atoms with E-state index in [1.165, 1.54) is 12.2 Å². The van der Waals surface area contributed by atoms with Gasteiger partial charge in [-0.15, -0.1) is 6.58 Å². The van der Waals surface area contributed by atoms with Crippen LogP contribution in [0, 0.1) is 5.92 Å². The van der Waals surface area contributed by atoms with Crippen LogP contribution in [0.4, 0.5) is 0 Å². The molecule has 122 valence electrons. The molecule has 1 aliphatic carbocycles. The third kappa shape index (κ3) is 4.75. The molecule has 0 bridgehead atoms. The zero-order valence-electron chi connectivity index (χ0n) is 12.9. The van der Waals surface area contributed by atoms with E-state index in [0.717, 1.165) is 0 Å². The number of hydrogen-bond donors (Lipinski definition) is 0. The van der Waals surface area contributed by atoms with E-state index in [1.807, 2.05) is 0 Å². The van der Waals surface area contributed by atoms with Crippen molar-refractivity contribution in [1.29, 1.82) is 0 Å². The Morgan fingerprint density at radius 2 is 2.30 bits per heavy atom. The predicted molar refractivity (Wildman–Crippen MR) is 84.8 cm³/mol.